The Morgan fingerprint density at radius 1 is 1.35 bits per heavy atom. The van der Waals surface area contributed by atoms with Gasteiger partial charge in [-0.05, 0) is 38.0 Å². The largest absolute Gasteiger partial charge is 0.493 e. The molecule has 2 N–H and O–H groups in total. The average Bonchev–Trinajstić information content (AvgIpc) is 2.50. The maximum atomic E-state index is 12.2. The minimum Gasteiger partial charge on any atom is -0.493 e. The Balaban J connectivity index is 2.77. The minimum absolute atomic E-state index is 0.130. The molecule has 0 atom stereocenters. The van der Waals surface area contributed by atoms with E-state index in [1.54, 1.807) is 12.1 Å². The summed E-state index contributed by atoms with van der Waals surface area (Å²) in [6, 6.07) is 5.33. The Labute approximate surface area is 136 Å². The molecular formula is C17H24N2O4. The lowest BCUT2D eigenvalue weighted by atomic mass is 10.1. The van der Waals surface area contributed by atoms with Gasteiger partial charge < -0.3 is 20.1 Å². The highest BCUT2D eigenvalue weighted by Gasteiger charge is 2.20. The molecule has 0 saturated carbocycles. The Kier molecular flexibility index (Phi) is 7.12. The molecule has 2 amide bonds. The number of nitrogens with two attached hydrogens (primary N) is 1. The fraction of sp³-hybridized carbons (Fsp3) is 0.412. The van der Waals surface area contributed by atoms with Gasteiger partial charge in [-0.25, -0.2) is 0 Å². The van der Waals surface area contributed by atoms with E-state index in [1.165, 1.54) is 12.0 Å². The number of allylic oxidation sites excluding steroid dienone is 1. The van der Waals surface area contributed by atoms with Crippen LogP contribution in [0.1, 0.15) is 19.4 Å². The van der Waals surface area contributed by atoms with Gasteiger partial charge in [0.1, 0.15) is 0 Å². The standard InChI is InChI=1S/C17H24N2O4/c1-5-6-13-7-8-14(15(9-13)22-4)23-11-17(21)19(12(2)3)10-16(18)20/h5,7-9,12H,1,6,10-11H2,2-4H3,(H2,18,20). The van der Waals surface area contributed by atoms with Crippen LogP contribution in [0.2, 0.25) is 0 Å². The number of nitrogens with zero attached hydrogens (tertiary/aromatic N) is 1. The predicted molar refractivity (Wildman–Crippen MR) is 88.4 cm³/mol. The summed E-state index contributed by atoms with van der Waals surface area (Å²) in [5.74, 6) is 0.147. The molecule has 23 heavy (non-hydrogen) atoms. The van der Waals surface area contributed by atoms with Crippen LogP contribution in [0.4, 0.5) is 0 Å². The predicted octanol–water partition coefficient (Wildman–Crippen LogP) is 1.52. The molecular weight excluding hydrogens is 296 g/mol. The zero-order chi connectivity index (χ0) is 17.4. The van der Waals surface area contributed by atoms with Crippen molar-refractivity contribution in [2.24, 2.45) is 5.73 Å². The lowest BCUT2D eigenvalue weighted by Crippen LogP contribution is -2.44. The van der Waals surface area contributed by atoms with Crippen molar-refractivity contribution in [1.82, 2.24) is 4.90 Å². The first kappa shape index (κ1) is 18.5. The lowest BCUT2D eigenvalue weighted by molar-refractivity contribution is -0.138. The minimum atomic E-state index is -0.557. The summed E-state index contributed by atoms with van der Waals surface area (Å²) in [6.07, 6.45) is 2.51. The summed E-state index contributed by atoms with van der Waals surface area (Å²) in [4.78, 5) is 24.6. The van der Waals surface area contributed by atoms with E-state index < -0.39 is 5.91 Å². The van der Waals surface area contributed by atoms with Gasteiger partial charge in [0.15, 0.2) is 18.1 Å². The van der Waals surface area contributed by atoms with Crippen LogP contribution in [0.15, 0.2) is 30.9 Å². The molecule has 1 aromatic rings. The van der Waals surface area contributed by atoms with Crippen LogP contribution < -0.4 is 15.2 Å². The monoisotopic (exact) mass is 320 g/mol. The van der Waals surface area contributed by atoms with Crippen LogP contribution in [0.5, 0.6) is 11.5 Å². The first-order chi connectivity index (χ1) is 10.9. The number of ether oxygens (including phenoxy) is 2. The van der Waals surface area contributed by atoms with Gasteiger partial charge in [-0.2, -0.15) is 0 Å². The average molecular weight is 320 g/mol. The third kappa shape index (κ3) is 5.65. The number of methoxy groups -OCH3 is 1. The number of primary amides is 1. The van der Waals surface area contributed by atoms with E-state index in [0.29, 0.717) is 11.5 Å². The highest BCUT2D eigenvalue weighted by molar-refractivity contribution is 5.84. The van der Waals surface area contributed by atoms with Gasteiger partial charge in [-0.15, -0.1) is 6.58 Å². The molecule has 0 aliphatic heterocycles. The first-order valence-corrected chi connectivity index (χ1v) is 7.37. The molecule has 126 valence electrons. The molecule has 0 radical (unpaired) electrons. The molecule has 6 nitrogen and oxygen atoms in total. The number of amides is 2. The summed E-state index contributed by atoms with van der Waals surface area (Å²) < 4.78 is 10.8. The second-order valence-corrected chi connectivity index (χ2v) is 5.35. The lowest BCUT2D eigenvalue weighted by Gasteiger charge is -2.25. The van der Waals surface area contributed by atoms with E-state index >= 15 is 0 Å². The molecule has 0 fully saturated rings. The second kappa shape index (κ2) is 8.82. The number of hydrogen-bond donors (Lipinski definition) is 1. The van der Waals surface area contributed by atoms with Crippen molar-refractivity contribution in [3.63, 3.8) is 0 Å². The van der Waals surface area contributed by atoms with Crippen molar-refractivity contribution in [3.8, 4) is 11.5 Å². The molecule has 0 aromatic heterocycles. The summed E-state index contributed by atoms with van der Waals surface area (Å²) in [5, 5.41) is 0. The summed E-state index contributed by atoms with van der Waals surface area (Å²) >= 11 is 0. The second-order valence-electron chi connectivity index (χ2n) is 5.35. The van der Waals surface area contributed by atoms with Gasteiger partial charge in [0.05, 0.1) is 13.7 Å². The molecule has 0 aliphatic rings. The quantitative estimate of drug-likeness (QED) is 0.700. The number of benzene rings is 1. The molecule has 1 rings (SSSR count). The third-order valence-corrected chi connectivity index (χ3v) is 3.23. The van der Waals surface area contributed by atoms with Crippen LogP contribution in [0.3, 0.4) is 0 Å². The van der Waals surface area contributed by atoms with Crippen molar-refractivity contribution >= 4 is 11.8 Å². The van der Waals surface area contributed by atoms with Crippen molar-refractivity contribution in [3.05, 3.63) is 36.4 Å². The van der Waals surface area contributed by atoms with Gasteiger partial charge in [0.2, 0.25) is 5.91 Å². The zero-order valence-corrected chi connectivity index (χ0v) is 13.9. The van der Waals surface area contributed by atoms with Crippen LogP contribution in [0, 0.1) is 0 Å². The first-order valence-electron chi connectivity index (χ1n) is 7.37. The molecule has 0 aliphatic carbocycles. The zero-order valence-electron chi connectivity index (χ0n) is 13.9. The molecule has 0 bridgehead atoms. The van der Waals surface area contributed by atoms with Crippen molar-refractivity contribution in [2.75, 3.05) is 20.3 Å². The van der Waals surface area contributed by atoms with E-state index in [1.807, 2.05) is 26.0 Å². The number of carbonyl (C=O) groups is 2. The van der Waals surface area contributed by atoms with Gasteiger partial charge in [0, 0.05) is 6.04 Å². The van der Waals surface area contributed by atoms with E-state index in [2.05, 4.69) is 6.58 Å². The highest BCUT2D eigenvalue weighted by atomic mass is 16.5. The van der Waals surface area contributed by atoms with E-state index in [9.17, 15) is 9.59 Å². The maximum absolute atomic E-state index is 12.2. The van der Waals surface area contributed by atoms with Crippen LogP contribution in [-0.2, 0) is 16.0 Å². The van der Waals surface area contributed by atoms with Crippen molar-refractivity contribution in [1.29, 1.82) is 0 Å². The van der Waals surface area contributed by atoms with Crippen LogP contribution in [-0.4, -0.2) is 43.0 Å². The summed E-state index contributed by atoms with van der Waals surface area (Å²) in [5.41, 5.74) is 6.20. The maximum Gasteiger partial charge on any atom is 0.261 e. The van der Waals surface area contributed by atoms with Gasteiger partial charge in [-0.3, -0.25) is 9.59 Å². The van der Waals surface area contributed by atoms with Gasteiger partial charge in [0.25, 0.3) is 5.91 Å². The van der Waals surface area contributed by atoms with Crippen LogP contribution >= 0.6 is 0 Å². The van der Waals surface area contributed by atoms with Gasteiger partial charge >= 0.3 is 0 Å². The number of hydrogen-bond acceptors (Lipinski definition) is 4. The van der Waals surface area contributed by atoms with E-state index in [0.717, 1.165) is 12.0 Å². The van der Waals surface area contributed by atoms with E-state index in [4.69, 9.17) is 15.2 Å². The molecule has 0 unspecified atom stereocenters. The smallest absolute Gasteiger partial charge is 0.261 e. The SMILES string of the molecule is C=CCc1ccc(OCC(=O)N(CC(N)=O)C(C)C)c(OC)c1. The fourth-order valence-corrected chi connectivity index (χ4v) is 2.07. The molecule has 1 aromatic carbocycles. The summed E-state index contributed by atoms with van der Waals surface area (Å²) in [6.45, 7) is 6.99. The molecule has 0 saturated heterocycles. The summed E-state index contributed by atoms with van der Waals surface area (Å²) in [7, 11) is 1.54. The Bertz CT molecular complexity index is 570. The van der Waals surface area contributed by atoms with Gasteiger partial charge in [-0.1, -0.05) is 12.1 Å². The molecule has 0 heterocycles. The molecule has 0 spiro atoms. The Morgan fingerprint density at radius 3 is 2.57 bits per heavy atom. The van der Waals surface area contributed by atoms with Crippen LogP contribution in [0.25, 0.3) is 0 Å². The Hall–Kier alpha value is -2.50. The van der Waals surface area contributed by atoms with E-state index in [-0.39, 0.29) is 25.1 Å². The topological polar surface area (TPSA) is 81.9 Å². The molecule has 6 heteroatoms. The van der Waals surface area contributed by atoms with Crippen molar-refractivity contribution in [2.45, 2.75) is 26.3 Å². The highest BCUT2D eigenvalue weighted by Crippen LogP contribution is 2.28. The normalized spacial score (nSPS) is 10.3. The Morgan fingerprint density at radius 2 is 2.04 bits per heavy atom. The fourth-order valence-electron chi connectivity index (χ4n) is 2.07. The van der Waals surface area contributed by atoms with Crippen molar-refractivity contribution < 1.29 is 19.1 Å². The number of carbonyl (C=O) groups excluding carboxylic acids is 2. The third-order valence-electron chi connectivity index (χ3n) is 3.23. The number of rotatable bonds is 9.